The summed E-state index contributed by atoms with van der Waals surface area (Å²) in [7, 11) is 0. The molecule has 0 unspecified atom stereocenters. The van der Waals surface area contributed by atoms with E-state index in [0.717, 1.165) is 35.9 Å². The normalized spacial score (nSPS) is 14.5. The van der Waals surface area contributed by atoms with Gasteiger partial charge in [-0.3, -0.25) is 10.1 Å². The average molecular weight is 399 g/mol. The first-order chi connectivity index (χ1) is 11.1. The predicted molar refractivity (Wildman–Crippen MR) is 100 cm³/mol. The van der Waals surface area contributed by atoms with Crippen molar-refractivity contribution in [3.8, 4) is 5.75 Å². The first kappa shape index (κ1) is 18.2. The number of benzene rings is 1. The van der Waals surface area contributed by atoms with Gasteiger partial charge in [0.2, 0.25) is 0 Å². The molecule has 126 valence electrons. The van der Waals surface area contributed by atoms with E-state index in [0.29, 0.717) is 23.3 Å². The Kier molecular flexibility index (Phi) is 7.30. The Balaban J connectivity index is 1.88. The lowest BCUT2D eigenvalue weighted by molar-refractivity contribution is 0.0976. The van der Waals surface area contributed by atoms with Gasteiger partial charge in [-0.05, 0) is 65.6 Å². The van der Waals surface area contributed by atoms with Crippen molar-refractivity contribution in [2.45, 2.75) is 51.5 Å². The quantitative estimate of drug-likeness (QED) is 0.557. The van der Waals surface area contributed by atoms with Gasteiger partial charge in [0, 0.05) is 11.6 Å². The Labute approximate surface area is 151 Å². The van der Waals surface area contributed by atoms with E-state index in [-0.39, 0.29) is 5.91 Å². The van der Waals surface area contributed by atoms with E-state index in [1.165, 1.54) is 12.8 Å². The van der Waals surface area contributed by atoms with Gasteiger partial charge in [-0.25, -0.2) is 0 Å². The molecule has 0 aromatic heterocycles. The molecule has 1 aromatic carbocycles. The smallest absolute Gasteiger partial charge is 0.257 e. The molecule has 0 radical (unpaired) electrons. The Morgan fingerprint density at radius 2 is 2.13 bits per heavy atom. The van der Waals surface area contributed by atoms with E-state index >= 15 is 0 Å². The zero-order valence-corrected chi connectivity index (χ0v) is 15.8. The standard InChI is InChI=1S/C17H23BrN2O2S/c1-2-3-10-22-15-9-8-12(11-14(15)18)16(21)20-17(23)19-13-6-4-5-7-13/h8-9,11,13H,2-7,10H2,1H3,(H2,19,20,21,23). The number of carbonyl (C=O) groups is 1. The topological polar surface area (TPSA) is 50.4 Å². The third kappa shape index (κ3) is 5.77. The summed E-state index contributed by atoms with van der Waals surface area (Å²) in [5.74, 6) is 0.544. The molecule has 2 N–H and O–H groups in total. The van der Waals surface area contributed by atoms with E-state index in [1.54, 1.807) is 12.1 Å². The fourth-order valence-electron chi connectivity index (χ4n) is 2.55. The van der Waals surface area contributed by atoms with Gasteiger partial charge in [-0.2, -0.15) is 0 Å². The maximum atomic E-state index is 12.3. The van der Waals surface area contributed by atoms with E-state index in [4.69, 9.17) is 17.0 Å². The van der Waals surface area contributed by atoms with Crippen LogP contribution >= 0.6 is 28.1 Å². The van der Waals surface area contributed by atoms with Gasteiger partial charge in [0.25, 0.3) is 5.91 Å². The maximum absolute atomic E-state index is 12.3. The molecule has 23 heavy (non-hydrogen) atoms. The van der Waals surface area contributed by atoms with Gasteiger partial charge in [0.05, 0.1) is 11.1 Å². The summed E-state index contributed by atoms with van der Waals surface area (Å²) in [6, 6.07) is 5.71. The molecule has 1 aliphatic rings. The van der Waals surface area contributed by atoms with Crippen molar-refractivity contribution in [1.29, 1.82) is 0 Å². The number of rotatable bonds is 6. The minimum atomic E-state index is -0.207. The first-order valence-electron chi connectivity index (χ1n) is 8.14. The fraction of sp³-hybridized carbons (Fsp3) is 0.529. The van der Waals surface area contributed by atoms with Crippen LogP contribution in [0.25, 0.3) is 0 Å². The van der Waals surface area contributed by atoms with Crippen LogP contribution in [0.3, 0.4) is 0 Å². The number of thiocarbonyl (C=S) groups is 1. The Bertz CT molecular complexity index is 560. The van der Waals surface area contributed by atoms with Crippen molar-refractivity contribution < 1.29 is 9.53 Å². The summed E-state index contributed by atoms with van der Waals surface area (Å²) in [5, 5.41) is 6.35. The molecule has 0 atom stereocenters. The number of hydrogen-bond donors (Lipinski definition) is 2. The van der Waals surface area contributed by atoms with Gasteiger partial charge in [-0.1, -0.05) is 26.2 Å². The highest BCUT2D eigenvalue weighted by atomic mass is 79.9. The van der Waals surface area contributed by atoms with E-state index in [1.807, 2.05) is 6.07 Å². The monoisotopic (exact) mass is 398 g/mol. The van der Waals surface area contributed by atoms with Gasteiger partial charge >= 0.3 is 0 Å². The second-order valence-electron chi connectivity index (χ2n) is 5.76. The zero-order valence-electron chi connectivity index (χ0n) is 13.4. The maximum Gasteiger partial charge on any atom is 0.257 e. The minimum Gasteiger partial charge on any atom is -0.492 e. The number of hydrogen-bond acceptors (Lipinski definition) is 3. The van der Waals surface area contributed by atoms with E-state index < -0.39 is 0 Å². The van der Waals surface area contributed by atoms with E-state index in [9.17, 15) is 4.79 Å². The Morgan fingerprint density at radius 1 is 1.39 bits per heavy atom. The highest BCUT2D eigenvalue weighted by molar-refractivity contribution is 9.10. The summed E-state index contributed by atoms with van der Waals surface area (Å²) in [4.78, 5) is 12.3. The molecular formula is C17H23BrN2O2S. The lowest BCUT2D eigenvalue weighted by atomic mass is 10.2. The number of amides is 1. The summed E-state index contributed by atoms with van der Waals surface area (Å²) < 4.78 is 6.44. The minimum absolute atomic E-state index is 0.207. The highest BCUT2D eigenvalue weighted by Gasteiger charge is 2.17. The first-order valence-corrected chi connectivity index (χ1v) is 9.34. The molecule has 2 rings (SSSR count). The van der Waals surface area contributed by atoms with Crippen LogP contribution in [-0.4, -0.2) is 23.7 Å². The van der Waals surface area contributed by atoms with Crippen LogP contribution < -0.4 is 15.4 Å². The number of carbonyl (C=O) groups excluding carboxylic acids is 1. The molecular weight excluding hydrogens is 376 g/mol. The lowest BCUT2D eigenvalue weighted by Crippen LogP contribution is -2.43. The molecule has 1 amide bonds. The van der Waals surface area contributed by atoms with Crippen LogP contribution in [0.4, 0.5) is 0 Å². The van der Waals surface area contributed by atoms with Crippen LogP contribution in [0, 0.1) is 0 Å². The Hall–Kier alpha value is -1.14. The van der Waals surface area contributed by atoms with E-state index in [2.05, 4.69) is 33.5 Å². The van der Waals surface area contributed by atoms with Crippen molar-refractivity contribution >= 4 is 39.2 Å². The molecule has 0 spiro atoms. The van der Waals surface area contributed by atoms with Crippen molar-refractivity contribution in [2.24, 2.45) is 0 Å². The summed E-state index contributed by atoms with van der Waals surface area (Å²) in [5.41, 5.74) is 0.551. The molecule has 6 heteroatoms. The third-order valence-electron chi connectivity index (χ3n) is 3.87. The molecule has 1 aromatic rings. The SMILES string of the molecule is CCCCOc1ccc(C(=O)NC(=S)NC2CCCC2)cc1Br. The van der Waals surface area contributed by atoms with Crippen molar-refractivity contribution in [1.82, 2.24) is 10.6 Å². The van der Waals surface area contributed by atoms with Crippen LogP contribution in [-0.2, 0) is 0 Å². The zero-order chi connectivity index (χ0) is 16.7. The number of unbranched alkanes of at least 4 members (excludes halogenated alkanes) is 1. The number of ether oxygens (including phenoxy) is 1. The molecule has 4 nitrogen and oxygen atoms in total. The van der Waals surface area contributed by atoms with Gasteiger partial charge in [0.1, 0.15) is 5.75 Å². The van der Waals surface area contributed by atoms with Crippen molar-refractivity contribution in [2.75, 3.05) is 6.61 Å². The second kappa shape index (κ2) is 9.23. The van der Waals surface area contributed by atoms with Gasteiger partial charge in [0.15, 0.2) is 5.11 Å². The van der Waals surface area contributed by atoms with Crippen LogP contribution in [0.15, 0.2) is 22.7 Å². The molecule has 1 aliphatic carbocycles. The molecule has 1 fully saturated rings. The van der Waals surface area contributed by atoms with Gasteiger partial charge < -0.3 is 10.1 Å². The summed E-state index contributed by atoms with van der Waals surface area (Å²) in [6.07, 6.45) is 6.78. The molecule has 0 bridgehead atoms. The fourth-order valence-corrected chi connectivity index (χ4v) is 3.31. The average Bonchev–Trinajstić information content (AvgIpc) is 3.01. The lowest BCUT2D eigenvalue weighted by Gasteiger charge is -2.15. The molecule has 0 saturated heterocycles. The summed E-state index contributed by atoms with van der Waals surface area (Å²) >= 11 is 8.67. The third-order valence-corrected chi connectivity index (χ3v) is 4.71. The predicted octanol–water partition coefficient (Wildman–Crippen LogP) is 4.17. The number of halogens is 1. The molecule has 1 saturated carbocycles. The number of nitrogens with one attached hydrogen (secondary N) is 2. The van der Waals surface area contributed by atoms with Crippen molar-refractivity contribution in [3.63, 3.8) is 0 Å². The van der Waals surface area contributed by atoms with Crippen LogP contribution in [0.5, 0.6) is 5.75 Å². The largest absolute Gasteiger partial charge is 0.492 e. The van der Waals surface area contributed by atoms with Crippen LogP contribution in [0.2, 0.25) is 0 Å². The van der Waals surface area contributed by atoms with Crippen molar-refractivity contribution in [3.05, 3.63) is 28.2 Å². The highest BCUT2D eigenvalue weighted by Crippen LogP contribution is 2.26. The van der Waals surface area contributed by atoms with Gasteiger partial charge in [-0.15, -0.1) is 0 Å². The molecule has 0 heterocycles. The Morgan fingerprint density at radius 3 is 2.78 bits per heavy atom. The summed E-state index contributed by atoms with van der Waals surface area (Å²) in [6.45, 7) is 2.80. The second-order valence-corrected chi connectivity index (χ2v) is 7.02. The van der Waals surface area contributed by atoms with Crippen LogP contribution in [0.1, 0.15) is 55.8 Å². The molecule has 0 aliphatic heterocycles.